The maximum atomic E-state index is 12.7. The molecule has 0 spiro atoms. The molecule has 0 unspecified atom stereocenters. The van der Waals surface area contributed by atoms with Gasteiger partial charge in [0.15, 0.2) is 0 Å². The van der Waals surface area contributed by atoms with E-state index >= 15 is 0 Å². The highest BCUT2D eigenvalue weighted by Gasteiger charge is 2.28. The van der Waals surface area contributed by atoms with Crippen molar-refractivity contribution in [2.45, 2.75) is 32.2 Å². The van der Waals surface area contributed by atoms with Gasteiger partial charge in [-0.3, -0.25) is 9.69 Å². The highest BCUT2D eigenvalue weighted by Crippen LogP contribution is 2.30. The number of benzene rings is 1. The Hall–Kier alpha value is -3.06. The Morgan fingerprint density at radius 1 is 1.21 bits per heavy atom. The molecule has 1 aliphatic rings. The molecule has 2 aromatic heterocycles. The number of rotatable bonds is 6. The molecule has 0 saturated carbocycles. The maximum Gasteiger partial charge on any atom is 0.254 e. The molecule has 7 heteroatoms. The lowest BCUT2D eigenvalue weighted by atomic mass is 9.92. The van der Waals surface area contributed by atoms with Gasteiger partial charge < -0.3 is 5.32 Å². The van der Waals surface area contributed by atoms with Gasteiger partial charge in [0.2, 0.25) is 0 Å². The van der Waals surface area contributed by atoms with Crippen molar-refractivity contribution in [2.24, 2.45) is 0 Å². The van der Waals surface area contributed by atoms with E-state index in [-0.39, 0.29) is 11.8 Å². The molecule has 1 fully saturated rings. The van der Waals surface area contributed by atoms with Crippen LogP contribution in [0, 0.1) is 0 Å². The van der Waals surface area contributed by atoms with Gasteiger partial charge >= 0.3 is 0 Å². The summed E-state index contributed by atoms with van der Waals surface area (Å²) in [6.07, 6.45) is 9.24. The van der Waals surface area contributed by atoms with Gasteiger partial charge in [0, 0.05) is 49.7 Å². The van der Waals surface area contributed by atoms with Gasteiger partial charge in [-0.05, 0) is 38.4 Å². The average Bonchev–Trinajstić information content (AvgIpc) is 3.21. The van der Waals surface area contributed by atoms with E-state index < -0.39 is 0 Å². The fraction of sp³-hybridized carbons (Fsp3) is 0.364. The van der Waals surface area contributed by atoms with Crippen LogP contribution in [0.25, 0.3) is 5.69 Å². The Kier molecular flexibility index (Phi) is 5.95. The Labute approximate surface area is 170 Å². The van der Waals surface area contributed by atoms with E-state index in [1.165, 1.54) is 0 Å². The number of nitrogens with one attached hydrogen (secondary N) is 1. The maximum absolute atomic E-state index is 12.7. The monoisotopic (exact) mass is 390 g/mol. The summed E-state index contributed by atoms with van der Waals surface area (Å²) in [4.78, 5) is 23.4. The van der Waals surface area contributed by atoms with Crippen molar-refractivity contribution in [3.8, 4) is 5.69 Å². The summed E-state index contributed by atoms with van der Waals surface area (Å²) >= 11 is 0. The van der Waals surface area contributed by atoms with Gasteiger partial charge in [0.05, 0.1) is 16.9 Å². The first-order valence-corrected chi connectivity index (χ1v) is 10.1. The fourth-order valence-corrected chi connectivity index (χ4v) is 3.92. The third kappa shape index (κ3) is 4.51. The molecule has 7 nitrogen and oxygen atoms in total. The molecule has 1 saturated heterocycles. The van der Waals surface area contributed by atoms with E-state index in [4.69, 9.17) is 5.10 Å². The van der Waals surface area contributed by atoms with E-state index in [0.717, 1.165) is 49.4 Å². The number of hydrogen-bond acceptors (Lipinski definition) is 5. The minimum atomic E-state index is -0.0572. The highest BCUT2D eigenvalue weighted by molar-refractivity contribution is 5.95. The first kappa shape index (κ1) is 19.3. The van der Waals surface area contributed by atoms with Crippen LogP contribution in [0.5, 0.6) is 0 Å². The molecule has 29 heavy (non-hydrogen) atoms. The Morgan fingerprint density at radius 2 is 2.00 bits per heavy atom. The summed E-state index contributed by atoms with van der Waals surface area (Å²) in [6, 6.07) is 9.94. The zero-order valence-corrected chi connectivity index (χ0v) is 16.7. The number of carbonyl (C=O) groups is 1. The summed E-state index contributed by atoms with van der Waals surface area (Å²) in [5.41, 5.74) is 3.62. The molecule has 1 aliphatic heterocycles. The molecule has 1 N–H and O–H groups in total. The van der Waals surface area contributed by atoms with Crippen molar-refractivity contribution >= 4 is 5.91 Å². The quantitative estimate of drug-likeness (QED) is 0.700. The molecule has 3 aromatic rings. The van der Waals surface area contributed by atoms with Crippen LogP contribution >= 0.6 is 0 Å². The molecule has 0 bridgehead atoms. The third-order valence-corrected chi connectivity index (χ3v) is 5.26. The number of piperidine rings is 1. The number of hydrogen-bond donors (Lipinski definition) is 1. The second-order valence-corrected chi connectivity index (χ2v) is 7.39. The predicted octanol–water partition coefficient (Wildman–Crippen LogP) is 2.79. The number of amides is 1. The SMILES string of the molecule is CCNC(=O)c1cn(-c2ccccc2)nc1[C@@H]1CCCN(Cc2cncnc2)C1. The van der Waals surface area contributed by atoms with Crippen LogP contribution in [-0.4, -0.2) is 50.2 Å². The average molecular weight is 390 g/mol. The van der Waals surface area contributed by atoms with E-state index in [2.05, 4.69) is 20.2 Å². The van der Waals surface area contributed by atoms with Crippen LogP contribution in [0.15, 0.2) is 55.2 Å². The lowest BCUT2D eigenvalue weighted by Crippen LogP contribution is -2.35. The van der Waals surface area contributed by atoms with Crippen molar-refractivity contribution in [3.63, 3.8) is 0 Å². The van der Waals surface area contributed by atoms with Crippen LogP contribution in [0.1, 0.15) is 47.3 Å². The number of nitrogens with zero attached hydrogens (tertiary/aromatic N) is 5. The van der Waals surface area contributed by atoms with E-state index in [9.17, 15) is 4.79 Å². The zero-order chi connectivity index (χ0) is 20.1. The summed E-state index contributed by atoms with van der Waals surface area (Å²) in [5, 5.41) is 7.79. The number of aromatic nitrogens is 4. The van der Waals surface area contributed by atoms with Crippen LogP contribution in [0.3, 0.4) is 0 Å². The Bertz CT molecular complexity index is 940. The molecule has 4 rings (SSSR count). The minimum Gasteiger partial charge on any atom is -0.352 e. The molecule has 1 aromatic carbocycles. The van der Waals surface area contributed by atoms with Gasteiger partial charge in [-0.1, -0.05) is 18.2 Å². The lowest BCUT2D eigenvalue weighted by molar-refractivity contribution is 0.0953. The first-order valence-electron chi connectivity index (χ1n) is 10.1. The van der Waals surface area contributed by atoms with Crippen molar-refractivity contribution in [2.75, 3.05) is 19.6 Å². The number of carbonyl (C=O) groups excluding carboxylic acids is 1. The van der Waals surface area contributed by atoms with Gasteiger partial charge in [-0.2, -0.15) is 5.10 Å². The van der Waals surface area contributed by atoms with Gasteiger partial charge in [-0.25, -0.2) is 14.6 Å². The third-order valence-electron chi connectivity index (χ3n) is 5.26. The second kappa shape index (κ2) is 8.96. The molecule has 0 aliphatic carbocycles. The van der Waals surface area contributed by atoms with Crippen molar-refractivity contribution < 1.29 is 4.79 Å². The topological polar surface area (TPSA) is 75.9 Å². The van der Waals surface area contributed by atoms with Gasteiger partial charge in [0.25, 0.3) is 5.91 Å². The van der Waals surface area contributed by atoms with E-state index in [0.29, 0.717) is 12.1 Å². The lowest BCUT2D eigenvalue weighted by Gasteiger charge is -2.32. The predicted molar refractivity (Wildman–Crippen MR) is 111 cm³/mol. The normalized spacial score (nSPS) is 17.2. The number of likely N-dealkylation sites (tertiary alicyclic amines) is 1. The van der Waals surface area contributed by atoms with Crippen LogP contribution in [-0.2, 0) is 6.54 Å². The molecular formula is C22H26N6O. The molecule has 3 heterocycles. The second-order valence-electron chi connectivity index (χ2n) is 7.39. The summed E-state index contributed by atoms with van der Waals surface area (Å²) < 4.78 is 1.82. The molecule has 1 atom stereocenters. The van der Waals surface area contributed by atoms with Crippen LogP contribution < -0.4 is 5.32 Å². The Morgan fingerprint density at radius 3 is 2.76 bits per heavy atom. The van der Waals surface area contributed by atoms with Crippen molar-refractivity contribution in [1.29, 1.82) is 0 Å². The zero-order valence-electron chi connectivity index (χ0n) is 16.7. The molecule has 150 valence electrons. The van der Waals surface area contributed by atoms with E-state index in [1.807, 2.05) is 60.5 Å². The fourth-order valence-electron chi connectivity index (χ4n) is 3.92. The minimum absolute atomic E-state index is 0.0572. The summed E-state index contributed by atoms with van der Waals surface area (Å²) in [6.45, 7) is 5.24. The van der Waals surface area contributed by atoms with Gasteiger partial charge in [0.1, 0.15) is 6.33 Å². The van der Waals surface area contributed by atoms with Crippen LogP contribution in [0.2, 0.25) is 0 Å². The summed E-state index contributed by atoms with van der Waals surface area (Å²) in [5.74, 6) is 0.161. The molecule has 0 radical (unpaired) electrons. The van der Waals surface area contributed by atoms with Crippen molar-refractivity contribution in [3.05, 3.63) is 72.1 Å². The standard InChI is InChI=1S/C22H26N6O/c1-2-25-22(29)20-15-28(19-8-4-3-5-9-19)26-21(20)18-7-6-10-27(14-18)13-17-11-23-16-24-12-17/h3-5,8-9,11-12,15-16,18H,2,6-7,10,13-14H2,1H3,(H,25,29)/t18-/m1/s1. The largest absolute Gasteiger partial charge is 0.352 e. The Balaban J connectivity index is 1.60. The molecule has 1 amide bonds. The van der Waals surface area contributed by atoms with Crippen molar-refractivity contribution in [1.82, 2.24) is 30.0 Å². The summed E-state index contributed by atoms with van der Waals surface area (Å²) in [7, 11) is 0. The highest BCUT2D eigenvalue weighted by atomic mass is 16.1. The first-order chi connectivity index (χ1) is 14.2. The van der Waals surface area contributed by atoms with Crippen LogP contribution in [0.4, 0.5) is 0 Å². The smallest absolute Gasteiger partial charge is 0.254 e. The number of para-hydroxylation sites is 1. The molecular weight excluding hydrogens is 364 g/mol. The van der Waals surface area contributed by atoms with E-state index in [1.54, 1.807) is 6.33 Å². The van der Waals surface area contributed by atoms with Gasteiger partial charge in [-0.15, -0.1) is 0 Å².